The predicted octanol–water partition coefficient (Wildman–Crippen LogP) is -0.571. The van der Waals surface area contributed by atoms with Crippen molar-refractivity contribution in [3.63, 3.8) is 0 Å². The van der Waals surface area contributed by atoms with Crippen molar-refractivity contribution in [2.24, 2.45) is 5.92 Å². The first-order chi connectivity index (χ1) is 8.25. The number of rotatable bonds is 2. The van der Waals surface area contributed by atoms with E-state index >= 15 is 0 Å². The average Bonchev–Trinajstić information content (AvgIpc) is 3.13. The summed E-state index contributed by atoms with van der Waals surface area (Å²) < 4.78 is 0. The third-order valence-corrected chi connectivity index (χ3v) is 3.92. The molecule has 2 amide bonds. The molecule has 1 saturated carbocycles. The second-order valence-electron chi connectivity index (χ2n) is 5.25. The van der Waals surface area contributed by atoms with Gasteiger partial charge in [-0.25, -0.2) is 0 Å². The van der Waals surface area contributed by atoms with Crippen molar-refractivity contribution in [3.05, 3.63) is 0 Å². The number of carbonyl (C=O) groups excluding carboxylic acids is 2. The van der Waals surface area contributed by atoms with Crippen LogP contribution in [0.2, 0.25) is 0 Å². The number of amides is 2. The van der Waals surface area contributed by atoms with E-state index < -0.39 is 0 Å². The summed E-state index contributed by atoms with van der Waals surface area (Å²) in [7, 11) is 0. The highest BCUT2D eigenvalue weighted by Crippen LogP contribution is 2.33. The molecule has 94 valence electrons. The van der Waals surface area contributed by atoms with Gasteiger partial charge in [-0.1, -0.05) is 0 Å². The van der Waals surface area contributed by atoms with Gasteiger partial charge in [0.2, 0.25) is 11.8 Å². The standard InChI is InChI=1S/C12H19N3O2/c16-11-7-9(8-15(11)10-1-2-10)12(17)14-5-3-13-4-6-14/h9-10,13H,1-8H2. The van der Waals surface area contributed by atoms with Crippen LogP contribution in [0.3, 0.4) is 0 Å². The van der Waals surface area contributed by atoms with Crippen molar-refractivity contribution in [3.8, 4) is 0 Å². The molecule has 0 bridgehead atoms. The Morgan fingerprint density at radius 3 is 2.59 bits per heavy atom. The van der Waals surface area contributed by atoms with E-state index in [1.165, 1.54) is 0 Å². The normalized spacial score (nSPS) is 29.9. The third-order valence-electron chi connectivity index (χ3n) is 3.92. The van der Waals surface area contributed by atoms with E-state index in [1.807, 2.05) is 9.80 Å². The summed E-state index contributed by atoms with van der Waals surface area (Å²) in [6.45, 7) is 3.98. The zero-order valence-corrected chi connectivity index (χ0v) is 10.0. The zero-order valence-electron chi connectivity index (χ0n) is 10.0. The lowest BCUT2D eigenvalue weighted by molar-refractivity contribution is -0.136. The van der Waals surface area contributed by atoms with Gasteiger partial charge in [0.15, 0.2) is 0 Å². The van der Waals surface area contributed by atoms with Crippen LogP contribution in [0.4, 0.5) is 0 Å². The number of hydrogen-bond donors (Lipinski definition) is 1. The summed E-state index contributed by atoms with van der Waals surface area (Å²) in [6, 6.07) is 0.448. The molecular weight excluding hydrogens is 218 g/mol. The van der Waals surface area contributed by atoms with Crippen LogP contribution >= 0.6 is 0 Å². The lowest BCUT2D eigenvalue weighted by Gasteiger charge is -2.29. The Morgan fingerprint density at radius 2 is 1.94 bits per heavy atom. The van der Waals surface area contributed by atoms with Crippen molar-refractivity contribution in [1.82, 2.24) is 15.1 Å². The number of piperazine rings is 1. The minimum atomic E-state index is -0.0822. The van der Waals surface area contributed by atoms with E-state index in [0.29, 0.717) is 19.0 Å². The molecule has 0 aromatic rings. The highest BCUT2D eigenvalue weighted by molar-refractivity contribution is 5.89. The van der Waals surface area contributed by atoms with Crippen LogP contribution in [0.15, 0.2) is 0 Å². The highest BCUT2D eigenvalue weighted by Gasteiger charge is 2.42. The molecule has 2 aliphatic heterocycles. The molecule has 1 aliphatic carbocycles. The van der Waals surface area contributed by atoms with E-state index in [2.05, 4.69) is 5.32 Å². The largest absolute Gasteiger partial charge is 0.340 e. The smallest absolute Gasteiger partial charge is 0.228 e. The number of likely N-dealkylation sites (tertiary alicyclic amines) is 1. The summed E-state index contributed by atoms with van der Waals surface area (Å²) in [5.74, 6) is 0.283. The van der Waals surface area contributed by atoms with Crippen LogP contribution < -0.4 is 5.32 Å². The molecule has 0 aromatic heterocycles. The summed E-state index contributed by atoms with van der Waals surface area (Å²) in [5, 5.41) is 3.23. The Kier molecular flexibility index (Phi) is 2.78. The van der Waals surface area contributed by atoms with Crippen LogP contribution in [0.1, 0.15) is 19.3 Å². The van der Waals surface area contributed by atoms with Gasteiger partial charge in [-0.3, -0.25) is 9.59 Å². The maximum atomic E-state index is 12.3. The van der Waals surface area contributed by atoms with Crippen molar-refractivity contribution in [2.45, 2.75) is 25.3 Å². The Morgan fingerprint density at radius 1 is 1.24 bits per heavy atom. The summed E-state index contributed by atoms with van der Waals surface area (Å²) in [4.78, 5) is 27.9. The summed E-state index contributed by atoms with van der Waals surface area (Å²) >= 11 is 0. The topological polar surface area (TPSA) is 52.7 Å². The Balaban J connectivity index is 1.60. The molecule has 2 saturated heterocycles. The predicted molar refractivity (Wildman–Crippen MR) is 62.3 cm³/mol. The van der Waals surface area contributed by atoms with Gasteiger partial charge in [0.1, 0.15) is 0 Å². The molecule has 0 radical (unpaired) electrons. The lowest BCUT2D eigenvalue weighted by Crippen LogP contribution is -2.48. The first-order valence-corrected chi connectivity index (χ1v) is 6.54. The van der Waals surface area contributed by atoms with E-state index in [1.54, 1.807) is 0 Å². The number of hydrogen-bond acceptors (Lipinski definition) is 3. The summed E-state index contributed by atoms with van der Waals surface area (Å²) in [6.07, 6.45) is 2.68. The van der Waals surface area contributed by atoms with Crippen molar-refractivity contribution in [2.75, 3.05) is 32.7 Å². The minimum Gasteiger partial charge on any atom is -0.340 e. The van der Waals surface area contributed by atoms with Crippen LogP contribution in [-0.2, 0) is 9.59 Å². The molecule has 0 spiro atoms. The Labute approximate surface area is 101 Å². The van der Waals surface area contributed by atoms with Crippen LogP contribution in [0, 0.1) is 5.92 Å². The SMILES string of the molecule is O=C(C1CC(=O)N(C2CC2)C1)N1CCNCC1. The second kappa shape index (κ2) is 4.29. The molecule has 1 N–H and O–H groups in total. The lowest BCUT2D eigenvalue weighted by atomic mass is 10.1. The van der Waals surface area contributed by atoms with Gasteiger partial charge in [-0.15, -0.1) is 0 Å². The van der Waals surface area contributed by atoms with Gasteiger partial charge in [-0.2, -0.15) is 0 Å². The molecule has 3 aliphatic rings. The van der Waals surface area contributed by atoms with E-state index in [-0.39, 0.29) is 17.7 Å². The van der Waals surface area contributed by atoms with Gasteiger partial charge in [0.05, 0.1) is 5.92 Å². The number of nitrogens with zero attached hydrogens (tertiary/aromatic N) is 2. The maximum absolute atomic E-state index is 12.3. The first kappa shape index (κ1) is 11.0. The molecule has 5 heteroatoms. The fourth-order valence-corrected chi connectivity index (χ4v) is 2.78. The van der Waals surface area contributed by atoms with Gasteiger partial charge in [0.25, 0.3) is 0 Å². The number of carbonyl (C=O) groups is 2. The molecule has 1 atom stereocenters. The second-order valence-corrected chi connectivity index (χ2v) is 5.25. The van der Waals surface area contributed by atoms with Crippen LogP contribution in [-0.4, -0.2) is 60.4 Å². The van der Waals surface area contributed by atoms with Crippen LogP contribution in [0.25, 0.3) is 0 Å². The van der Waals surface area contributed by atoms with E-state index in [9.17, 15) is 9.59 Å². The maximum Gasteiger partial charge on any atom is 0.228 e. The van der Waals surface area contributed by atoms with Crippen LogP contribution in [0.5, 0.6) is 0 Å². The fraction of sp³-hybridized carbons (Fsp3) is 0.833. The van der Waals surface area contributed by atoms with Crippen molar-refractivity contribution in [1.29, 1.82) is 0 Å². The molecular formula is C12H19N3O2. The molecule has 2 heterocycles. The monoisotopic (exact) mass is 237 g/mol. The van der Waals surface area contributed by atoms with Gasteiger partial charge >= 0.3 is 0 Å². The third kappa shape index (κ3) is 2.16. The molecule has 3 rings (SSSR count). The van der Waals surface area contributed by atoms with Crippen molar-refractivity contribution < 1.29 is 9.59 Å². The van der Waals surface area contributed by atoms with Gasteiger partial charge < -0.3 is 15.1 Å². The zero-order chi connectivity index (χ0) is 11.8. The van der Waals surface area contributed by atoms with E-state index in [4.69, 9.17) is 0 Å². The first-order valence-electron chi connectivity index (χ1n) is 6.54. The Hall–Kier alpha value is -1.10. The highest BCUT2D eigenvalue weighted by atomic mass is 16.2. The van der Waals surface area contributed by atoms with E-state index in [0.717, 1.165) is 39.0 Å². The van der Waals surface area contributed by atoms with Crippen molar-refractivity contribution >= 4 is 11.8 Å². The fourth-order valence-electron chi connectivity index (χ4n) is 2.78. The van der Waals surface area contributed by atoms with Gasteiger partial charge in [0, 0.05) is 45.2 Å². The molecule has 17 heavy (non-hydrogen) atoms. The Bertz CT molecular complexity index is 335. The molecule has 3 fully saturated rings. The molecule has 1 unspecified atom stereocenters. The average molecular weight is 237 g/mol. The summed E-state index contributed by atoms with van der Waals surface area (Å²) in [5.41, 5.74) is 0. The number of nitrogens with one attached hydrogen (secondary N) is 1. The molecule has 0 aromatic carbocycles. The quantitative estimate of drug-likeness (QED) is 0.700. The minimum absolute atomic E-state index is 0.0822. The molecule has 5 nitrogen and oxygen atoms in total. The van der Waals surface area contributed by atoms with Gasteiger partial charge in [-0.05, 0) is 12.8 Å².